The summed E-state index contributed by atoms with van der Waals surface area (Å²) in [6.07, 6.45) is 2.42. The van der Waals surface area contributed by atoms with Crippen molar-refractivity contribution in [3.05, 3.63) is 30.3 Å². The van der Waals surface area contributed by atoms with Gasteiger partial charge in [-0.25, -0.2) is 0 Å². The first-order valence-electron chi connectivity index (χ1n) is 4.40. The van der Waals surface area contributed by atoms with Crippen LogP contribution in [0.4, 0.5) is 0 Å². The van der Waals surface area contributed by atoms with Crippen LogP contribution in [0, 0.1) is 0 Å². The van der Waals surface area contributed by atoms with E-state index in [4.69, 9.17) is 0 Å². The molecule has 0 aliphatic rings. The Morgan fingerprint density at radius 3 is 1.92 bits per heavy atom. The fourth-order valence-electron chi connectivity index (χ4n) is 1.25. The normalized spacial score (nSPS) is 10.7. The van der Waals surface area contributed by atoms with Crippen LogP contribution >= 0.6 is 33.2 Å². The van der Waals surface area contributed by atoms with Crippen LogP contribution in [0.15, 0.2) is 30.3 Å². The minimum Gasteiger partial charge on any atom is -0.179 e. The molecule has 13 heavy (non-hydrogen) atoms. The molecule has 0 amide bonds. The fraction of sp³-hybridized carbons (Fsp3) is 0.400. The molecule has 1 aromatic rings. The smallest absolute Gasteiger partial charge is 0.00555 e. The van der Waals surface area contributed by atoms with Gasteiger partial charge in [0.25, 0.3) is 0 Å². The van der Waals surface area contributed by atoms with E-state index >= 15 is 0 Å². The van der Waals surface area contributed by atoms with Crippen molar-refractivity contribution in [1.82, 2.24) is 0 Å². The number of hydrogen-bond acceptors (Lipinski definition) is 2. The van der Waals surface area contributed by atoms with Crippen molar-refractivity contribution in [2.75, 3.05) is 23.8 Å². The first-order chi connectivity index (χ1) is 6.38. The van der Waals surface area contributed by atoms with Crippen LogP contribution in [0.5, 0.6) is 0 Å². The van der Waals surface area contributed by atoms with E-state index in [0.29, 0.717) is 0 Å². The Labute approximate surface area is 92.7 Å². The molecule has 3 heteroatoms. The summed E-state index contributed by atoms with van der Waals surface area (Å²) >= 11 is 8.59. The van der Waals surface area contributed by atoms with E-state index in [9.17, 15) is 0 Å². The zero-order valence-corrected chi connectivity index (χ0v) is 10.2. The van der Waals surface area contributed by atoms with Crippen molar-refractivity contribution in [2.24, 2.45) is 0 Å². The van der Waals surface area contributed by atoms with Gasteiger partial charge in [0.15, 0.2) is 0 Å². The predicted octanol–water partition coefficient (Wildman–Crippen LogP) is 2.65. The summed E-state index contributed by atoms with van der Waals surface area (Å²) in [5.74, 6) is 1.96. The van der Waals surface area contributed by atoms with Crippen molar-refractivity contribution in [3.63, 3.8) is 0 Å². The number of hydrogen-bond donors (Lipinski definition) is 2. The summed E-state index contributed by atoms with van der Waals surface area (Å²) in [5, 5.41) is 1.49. The van der Waals surface area contributed by atoms with Crippen LogP contribution in [0.1, 0.15) is 0 Å². The number of thiol groups is 2. The van der Waals surface area contributed by atoms with Gasteiger partial charge in [0.2, 0.25) is 0 Å². The van der Waals surface area contributed by atoms with Crippen LogP contribution in [-0.2, 0) is 0 Å². The van der Waals surface area contributed by atoms with E-state index in [1.165, 1.54) is 17.6 Å². The maximum absolute atomic E-state index is 4.29. The van der Waals surface area contributed by atoms with Crippen LogP contribution in [0.2, 0.25) is 0 Å². The second-order valence-corrected chi connectivity index (χ2v) is 6.15. The lowest BCUT2D eigenvalue weighted by Crippen LogP contribution is -2.07. The summed E-state index contributed by atoms with van der Waals surface area (Å²) in [4.78, 5) is 0. The quantitative estimate of drug-likeness (QED) is 0.564. The molecule has 1 rings (SSSR count). The summed E-state index contributed by atoms with van der Waals surface area (Å²) in [7, 11) is -0.00874. The third kappa shape index (κ3) is 3.93. The molecular weight excluding hydrogens is 215 g/mol. The van der Waals surface area contributed by atoms with Gasteiger partial charge >= 0.3 is 0 Å². The van der Waals surface area contributed by atoms with Crippen LogP contribution in [-0.4, -0.2) is 23.8 Å². The molecule has 0 heterocycles. The molecule has 0 fully saturated rings. The maximum atomic E-state index is 4.29. The summed E-state index contributed by atoms with van der Waals surface area (Å²) in [6, 6.07) is 10.7. The first-order valence-corrected chi connectivity index (χ1v) is 7.38. The Kier molecular flexibility index (Phi) is 5.93. The lowest BCUT2D eigenvalue weighted by Gasteiger charge is -2.15. The van der Waals surface area contributed by atoms with E-state index in [1.807, 2.05) is 0 Å². The van der Waals surface area contributed by atoms with Crippen molar-refractivity contribution in [2.45, 2.75) is 0 Å². The molecule has 0 bridgehead atoms. The van der Waals surface area contributed by atoms with Gasteiger partial charge in [-0.1, -0.05) is 38.3 Å². The van der Waals surface area contributed by atoms with Gasteiger partial charge in [-0.3, -0.25) is 0 Å². The summed E-state index contributed by atoms with van der Waals surface area (Å²) in [5.41, 5.74) is 0. The Bertz CT molecular complexity index is 220. The molecule has 1 aromatic carbocycles. The van der Waals surface area contributed by atoms with E-state index in [1.54, 1.807) is 0 Å². The van der Waals surface area contributed by atoms with E-state index in [-0.39, 0.29) is 7.92 Å². The monoisotopic (exact) mass is 230 g/mol. The fourth-order valence-corrected chi connectivity index (χ4v) is 4.52. The minimum atomic E-state index is -0.00874. The number of benzene rings is 1. The third-order valence-electron chi connectivity index (χ3n) is 1.86. The molecule has 0 aromatic heterocycles. The maximum Gasteiger partial charge on any atom is -0.00555 e. The highest BCUT2D eigenvalue weighted by Crippen LogP contribution is 2.33. The lowest BCUT2D eigenvalue weighted by molar-refractivity contribution is 1.46. The topological polar surface area (TPSA) is 0 Å². The van der Waals surface area contributed by atoms with Crippen molar-refractivity contribution in [3.8, 4) is 0 Å². The SMILES string of the molecule is SCCP(CCS)c1ccccc1. The van der Waals surface area contributed by atoms with Gasteiger partial charge in [0, 0.05) is 0 Å². The van der Waals surface area contributed by atoms with Gasteiger partial charge in [0.1, 0.15) is 0 Å². The average Bonchev–Trinajstić information content (AvgIpc) is 2.19. The highest BCUT2D eigenvalue weighted by atomic mass is 32.1. The molecule has 0 N–H and O–H groups in total. The van der Waals surface area contributed by atoms with Gasteiger partial charge in [-0.15, -0.1) is 0 Å². The molecule has 0 radical (unpaired) electrons. The van der Waals surface area contributed by atoms with Crippen molar-refractivity contribution >= 4 is 38.5 Å². The highest BCUT2D eigenvalue weighted by molar-refractivity contribution is 7.82. The number of rotatable bonds is 5. The van der Waals surface area contributed by atoms with Crippen LogP contribution < -0.4 is 5.30 Å². The molecule has 0 spiro atoms. The van der Waals surface area contributed by atoms with E-state index in [2.05, 4.69) is 55.6 Å². The summed E-state index contributed by atoms with van der Waals surface area (Å²) < 4.78 is 0. The molecule has 0 aliphatic carbocycles. The van der Waals surface area contributed by atoms with Gasteiger partial charge in [0.05, 0.1) is 0 Å². The molecule has 0 atom stereocenters. The summed E-state index contributed by atoms with van der Waals surface area (Å²) in [6.45, 7) is 0. The lowest BCUT2D eigenvalue weighted by atomic mass is 10.4. The molecule has 0 saturated heterocycles. The van der Waals surface area contributed by atoms with Gasteiger partial charge in [-0.2, -0.15) is 25.3 Å². The van der Waals surface area contributed by atoms with Crippen molar-refractivity contribution < 1.29 is 0 Å². The van der Waals surface area contributed by atoms with Crippen molar-refractivity contribution in [1.29, 1.82) is 0 Å². The van der Waals surface area contributed by atoms with Gasteiger partial charge < -0.3 is 0 Å². The zero-order chi connectivity index (χ0) is 9.52. The predicted molar refractivity (Wildman–Crippen MR) is 70.4 cm³/mol. The largest absolute Gasteiger partial charge is 0.179 e. The minimum absolute atomic E-state index is 0.00874. The molecule has 0 nitrogen and oxygen atoms in total. The Morgan fingerprint density at radius 2 is 1.46 bits per heavy atom. The standard InChI is InChI=1S/C10H15PS2/c12-8-6-11(7-9-13)10-4-2-1-3-5-10/h1-5,12-13H,6-9H2. The zero-order valence-electron chi connectivity index (χ0n) is 7.56. The Balaban J connectivity index is 2.64. The second kappa shape index (κ2) is 6.75. The second-order valence-electron chi connectivity index (χ2n) is 2.77. The molecule has 0 unspecified atom stereocenters. The molecule has 72 valence electrons. The third-order valence-corrected chi connectivity index (χ3v) is 5.57. The Morgan fingerprint density at radius 1 is 0.923 bits per heavy atom. The molecule has 0 aliphatic heterocycles. The van der Waals surface area contributed by atoms with Crippen LogP contribution in [0.25, 0.3) is 0 Å². The van der Waals surface area contributed by atoms with E-state index in [0.717, 1.165) is 11.5 Å². The first kappa shape index (κ1) is 11.4. The van der Waals surface area contributed by atoms with Gasteiger partial charge in [-0.05, 0) is 29.1 Å². The highest BCUT2D eigenvalue weighted by Gasteiger charge is 2.07. The van der Waals surface area contributed by atoms with Crippen LogP contribution in [0.3, 0.4) is 0 Å². The van der Waals surface area contributed by atoms with E-state index < -0.39 is 0 Å². The molecule has 0 saturated carbocycles. The Hall–Kier alpha value is 0.350. The average molecular weight is 230 g/mol. The molecular formula is C10H15PS2.